The summed E-state index contributed by atoms with van der Waals surface area (Å²) in [6.07, 6.45) is 4.20. The minimum Gasteiger partial charge on any atom is -0.278 e. The normalized spacial score (nSPS) is 12.9. The van der Waals surface area contributed by atoms with Gasteiger partial charge in [-0.15, -0.1) is 11.3 Å². The van der Waals surface area contributed by atoms with Crippen LogP contribution in [0, 0.1) is 0 Å². The van der Waals surface area contributed by atoms with Gasteiger partial charge >= 0.3 is 0 Å². The van der Waals surface area contributed by atoms with Gasteiger partial charge in [0.1, 0.15) is 11.1 Å². The molecule has 0 amide bonds. The van der Waals surface area contributed by atoms with E-state index < -0.39 is 0 Å². The Morgan fingerprint density at radius 3 is 2.57 bits per heavy atom. The van der Waals surface area contributed by atoms with Gasteiger partial charge in [-0.2, -0.15) is 0 Å². The van der Waals surface area contributed by atoms with E-state index in [1.165, 1.54) is 47.3 Å². The lowest BCUT2D eigenvalue weighted by Gasteiger charge is -2.10. The van der Waals surface area contributed by atoms with Gasteiger partial charge in [-0.05, 0) is 34.7 Å². The number of rotatable bonds is 2. The zero-order valence-corrected chi connectivity index (χ0v) is 19.6. The van der Waals surface area contributed by atoms with Crippen LogP contribution in [0.5, 0.6) is 0 Å². The van der Waals surface area contributed by atoms with Crippen molar-refractivity contribution in [2.45, 2.75) is 0 Å². The first-order valence-corrected chi connectivity index (χ1v) is 12.6. The Labute approximate surface area is 204 Å². The van der Waals surface area contributed by atoms with Crippen molar-refractivity contribution in [1.29, 1.82) is 0 Å². The highest BCUT2D eigenvalue weighted by Crippen LogP contribution is 2.40. The van der Waals surface area contributed by atoms with Gasteiger partial charge < -0.3 is 0 Å². The maximum Gasteiger partial charge on any atom is 0.147 e. The summed E-state index contributed by atoms with van der Waals surface area (Å²) in [5.74, 6) is 0. The van der Waals surface area contributed by atoms with E-state index in [1.54, 1.807) is 0 Å². The molecule has 0 spiro atoms. The number of hydrogen-bond donors (Lipinski definition) is 0. The summed E-state index contributed by atoms with van der Waals surface area (Å²) in [7, 11) is 0. The van der Waals surface area contributed by atoms with Gasteiger partial charge in [-0.25, -0.2) is 4.98 Å². The van der Waals surface area contributed by atoms with Crippen LogP contribution in [0.25, 0.3) is 64.9 Å². The Morgan fingerprint density at radius 1 is 0.771 bits per heavy atom. The van der Waals surface area contributed by atoms with Crippen LogP contribution in [0.1, 0.15) is 0 Å². The number of nitrogens with zero attached hydrogens (tertiary/aromatic N) is 3. The maximum atomic E-state index is 4.92. The van der Waals surface area contributed by atoms with Crippen LogP contribution in [0.3, 0.4) is 0 Å². The Morgan fingerprint density at radius 2 is 1.60 bits per heavy atom. The minimum absolute atomic E-state index is 0.713. The number of hydrogen-bond acceptors (Lipinski definition) is 3. The zero-order chi connectivity index (χ0) is 22.9. The SMILES string of the molecule is C1=c2c(n(-c3cccc(-c4cccc5c4sc4ccccc45)c3)c3ncc4ccccc4c23)=NC1. The highest BCUT2D eigenvalue weighted by molar-refractivity contribution is 7.26. The first-order valence-electron chi connectivity index (χ1n) is 11.8. The van der Waals surface area contributed by atoms with Crippen molar-refractivity contribution in [3.8, 4) is 16.8 Å². The molecule has 4 heteroatoms. The fraction of sp³-hybridized carbons (Fsp3) is 0.0323. The van der Waals surface area contributed by atoms with Crippen LogP contribution in [-0.2, 0) is 0 Å². The second-order valence-electron chi connectivity index (χ2n) is 8.99. The van der Waals surface area contributed by atoms with Crippen molar-refractivity contribution in [1.82, 2.24) is 9.55 Å². The lowest BCUT2D eigenvalue weighted by molar-refractivity contribution is 0.980. The average molecular weight is 466 g/mol. The molecule has 0 fully saturated rings. The van der Waals surface area contributed by atoms with Crippen LogP contribution < -0.4 is 10.7 Å². The van der Waals surface area contributed by atoms with Gasteiger partial charge in [0, 0.05) is 48.0 Å². The quantitative estimate of drug-likeness (QED) is 0.282. The van der Waals surface area contributed by atoms with Gasteiger partial charge in [0.05, 0.1) is 6.54 Å². The summed E-state index contributed by atoms with van der Waals surface area (Å²) < 4.78 is 4.89. The second kappa shape index (κ2) is 7.11. The molecule has 8 rings (SSSR count). The number of fused-ring (bicyclic) bond motifs is 8. The van der Waals surface area contributed by atoms with Crippen molar-refractivity contribution in [3.05, 3.63) is 108 Å². The molecule has 1 aliphatic rings. The average Bonchev–Trinajstić information content (AvgIpc) is 3.61. The summed E-state index contributed by atoms with van der Waals surface area (Å²) in [4.78, 5) is 9.79. The summed E-state index contributed by atoms with van der Waals surface area (Å²) >= 11 is 1.87. The molecule has 1 aliphatic heterocycles. The first-order chi connectivity index (χ1) is 17.4. The molecule has 0 saturated heterocycles. The van der Waals surface area contributed by atoms with E-state index >= 15 is 0 Å². The number of pyridine rings is 1. The van der Waals surface area contributed by atoms with Gasteiger partial charge in [0.2, 0.25) is 0 Å². The topological polar surface area (TPSA) is 30.2 Å². The van der Waals surface area contributed by atoms with Crippen molar-refractivity contribution in [3.63, 3.8) is 0 Å². The molecule has 4 heterocycles. The van der Waals surface area contributed by atoms with Gasteiger partial charge in [0.15, 0.2) is 0 Å². The molecule has 35 heavy (non-hydrogen) atoms. The van der Waals surface area contributed by atoms with Gasteiger partial charge in [-0.3, -0.25) is 9.56 Å². The monoisotopic (exact) mass is 465 g/mol. The van der Waals surface area contributed by atoms with Crippen LogP contribution in [0.2, 0.25) is 0 Å². The highest BCUT2D eigenvalue weighted by Gasteiger charge is 2.17. The molecule has 3 aromatic heterocycles. The van der Waals surface area contributed by atoms with E-state index in [1.807, 2.05) is 17.5 Å². The number of benzene rings is 4. The molecular formula is C31H19N3S. The van der Waals surface area contributed by atoms with E-state index in [-0.39, 0.29) is 0 Å². The molecule has 0 atom stereocenters. The molecule has 0 unspecified atom stereocenters. The lowest BCUT2D eigenvalue weighted by atomic mass is 10.0. The van der Waals surface area contributed by atoms with Crippen molar-refractivity contribution >= 4 is 59.4 Å². The fourth-order valence-corrected chi connectivity index (χ4v) is 6.76. The van der Waals surface area contributed by atoms with Crippen LogP contribution in [-0.4, -0.2) is 16.1 Å². The third-order valence-corrected chi connectivity index (χ3v) is 8.29. The van der Waals surface area contributed by atoms with E-state index in [4.69, 9.17) is 9.98 Å². The molecule has 4 aromatic carbocycles. The standard InChI is InChI=1S/C31H19N3S/c1-2-10-22-20(7-1)18-33-31-28(22)26-15-16-32-30(26)34(31)21-9-5-8-19(17-21)23-12-6-13-25-24-11-3-4-14-27(24)35-29(23)25/h1-15,17-18H,16H2. The largest absolute Gasteiger partial charge is 0.278 e. The minimum atomic E-state index is 0.713. The summed E-state index contributed by atoms with van der Waals surface area (Å²) in [5.41, 5.74) is 5.53. The molecule has 164 valence electrons. The van der Waals surface area contributed by atoms with E-state index in [0.29, 0.717) is 6.54 Å². The van der Waals surface area contributed by atoms with Gasteiger partial charge in [-0.1, -0.05) is 78.9 Å². The molecule has 0 bridgehead atoms. The van der Waals surface area contributed by atoms with E-state index in [2.05, 4.69) is 102 Å². The zero-order valence-electron chi connectivity index (χ0n) is 18.8. The Balaban J connectivity index is 1.41. The third-order valence-electron chi connectivity index (χ3n) is 7.07. The van der Waals surface area contributed by atoms with E-state index in [9.17, 15) is 0 Å². The molecular weight excluding hydrogens is 446 g/mol. The second-order valence-corrected chi connectivity index (χ2v) is 10.0. The first kappa shape index (κ1) is 19.1. The van der Waals surface area contributed by atoms with E-state index in [0.717, 1.165) is 22.2 Å². The summed E-state index contributed by atoms with van der Waals surface area (Å²) in [6.45, 7) is 0.713. The molecule has 0 radical (unpaired) electrons. The Bertz CT molecular complexity index is 2100. The molecule has 0 aliphatic carbocycles. The molecule has 0 N–H and O–H groups in total. The van der Waals surface area contributed by atoms with Crippen LogP contribution >= 0.6 is 11.3 Å². The third kappa shape index (κ3) is 2.66. The van der Waals surface area contributed by atoms with Crippen molar-refractivity contribution in [2.75, 3.05) is 6.54 Å². The van der Waals surface area contributed by atoms with Crippen molar-refractivity contribution in [2.24, 2.45) is 4.99 Å². The van der Waals surface area contributed by atoms with Gasteiger partial charge in [0.25, 0.3) is 0 Å². The molecule has 3 nitrogen and oxygen atoms in total. The summed E-state index contributed by atoms with van der Waals surface area (Å²) in [6, 6.07) is 32.6. The molecule has 0 saturated carbocycles. The smallest absolute Gasteiger partial charge is 0.147 e. The Kier molecular flexibility index (Phi) is 3.87. The summed E-state index contributed by atoms with van der Waals surface area (Å²) in [5, 5.41) is 7.42. The van der Waals surface area contributed by atoms with Crippen molar-refractivity contribution < 1.29 is 0 Å². The predicted molar refractivity (Wildman–Crippen MR) is 147 cm³/mol. The fourth-order valence-electron chi connectivity index (χ4n) is 5.52. The Hall–Kier alpha value is -4.28. The van der Waals surface area contributed by atoms with Crippen LogP contribution in [0.4, 0.5) is 0 Å². The predicted octanol–water partition coefficient (Wildman–Crippen LogP) is 6.63. The molecule has 7 aromatic rings. The highest BCUT2D eigenvalue weighted by atomic mass is 32.1. The number of aromatic nitrogens is 2. The lowest BCUT2D eigenvalue weighted by Crippen LogP contribution is -2.25. The maximum absolute atomic E-state index is 4.92. The van der Waals surface area contributed by atoms with Crippen LogP contribution in [0.15, 0.2) is 102 Å². The number of thiophene rings is 1.